The first kappa shape index (κ1) is 17.5. The van der Waals surface area contributed by atoms with Crippen LogP contribution in [0.15, 0.2) is 54.7 Å². The van der Waals surface area contributed by atoms with Crippen LogP contribution < -0.4 is 15.1 Å². The zero-order valence-corrected chi connectivity index (χ0v) is 15.3. The minimum atomic E-state index is -0.278. The monoisotopic (exact) mass is 384 g/mol. The third-order valence-corrected chi connectivity index (χ3v) is 4.64. The van der Waals surface area contributed by atoms with Crippen LogP contribution in [0.1, 0.15) is 0 Å². The summed E-state index contributed by atoms with van der Waals surface area (Å²) in [6.07, 6.45) is 1.55. The summed E-state index contributed by atoms with van der Waals surface area (Å²) in [5, 5.41) is 12.1. The lowest BCUT2D eigenvalue weighted by Gasteiger charge is -2.36. The largest absolute Gasteiger partial charge is 0.368 e. The van der Waals surface area contributed by atoms with Crippen LogP contribution in [-0.2, 0) is 0 Å². The normalized spacial score (nSPS) is 14.3. The predicted molar refractivity (Wildman–Crippen MR) is 105 cm³/mol. The van der Waals surface area contributed by atoms with Crippen LogP contribution in [0.2, 0.25) is 5.02 Å². The van der Waals surface area contributed by atoms with E-state index < -0.39 is 0 Å². The van der Waals surface area contributed by atoms with Gasteiger partial charge in [-0.2, -0.15) is 10.1 Å². The summed E-state index contributed by atoms with van der Waals surface area (Å²) in [6.45, 7) is 3.26. The van der Waals surface area contributed by atoms with E-state index in [1.807, 2.05) is 18.2 Å². The summed E-state index contributed by atoms with van der Waals surface area (Å²) < 4.78 is 13.0. The molecule has 0 saturated carbocycles. The molecule has 27 heavy (non-hydrogen) atoms. The molecule has 2 aromatic carbocycles. The quantitative estimate of drug-likeness (QED) is 0.739. The molecule has 0 aliphatic carbocycles. The van der Waals surface area contributed by atoms with E-state index in [4.69, 9.17) is 11.6 Å². The predicted octanol–water partition coefficient (Wildman–Crippen LogP) is 3.73. The summed E-state index contributed by atoms with van der Waals surface area (Å²) in [5.41, 5.74) is 1.86. The Kier molecular flexibility index (Phi) is 5.02. The van der Waals surface area contributed by atoms with Crippen molar-refractivity contribution in [1.82, 2.24) is 15.2 Å². The highest BCUT2D eigenvalue weighted by atomic mass is 35.5. The van der Waals surface area contributed by atoms with Gasteiger partial charge in [0.25, 0.3) is 0 Å². The number of hydrogen-bond donors (Lipinski definition) is 1. The molecule has 0 unspecified atom stereocenters. The van der Waals surface area contributed by atoms with Gasteiger partial charge in [0.15, 0.2) is 5.82 Å². The van der Waals surface area contributed by atoms with E-state index in [2.05, 4.69) is 36.4 Å². The first-order valence-electron chi connectivity index (χ1n) is 8.65. The molecule has 0 amide bonds. The number of nitrogens with one attached hydrogen (secondary N) is 1. The number of hydrogen-bond acceptors (Lipinski definition) is 6. The molecular formula is C19H18ClFN6. The van der Waals surface area contributed by atoms with E-state index in [-0.39, 0.29) is 5.82 Å². The first-order chi connectivity index (χ1) is 13.2. The molecule has 8 heteroatoms. The van der Waals surface area contributed by atoms with Crippen LogP contribution in [0.3, 0.4) is 0 Å². The van der Waals surface area contributed by atoms with Crippen molar-refractivity contribution in [2.45, 2.75) is 0 Å². The molecule has 0 radical (unpaired) electrons. The smallest absolute Gasteiger partial charge is 0.247 e. The van der Waals surface area contributed by atoms with E-state index in [0.717, 1.165) is 42.6 Å². The highest BCUT2D eigenvalue weighted by molar-refractivity contribution is 6.30. The SMILES string of the molecule is Fc1ccc(Nc2cnnc(N3CCN(c4cccc(Cl)c4)CC3)n2)cc1. The second-order valence-electron chi connectivity index (χ2n) is 6.23. The molecule has 138 valence electrons. The number of halogens is 2. The summed E-state index contributed by atoms with van der Waals surface area (Å²) in [4.78, 5) is 8.92. The van der Waals surface area contributed by atoms with Gasteiger partial charge in [0, 0.05) is 42.6 Å². The fraction of sp³-hybridized carbons (Fsp3) is 0.211. The number of piperazine rings is 1. The Labute approximate surface area is 161 Å². The molecule has 1 aromatic heterocycles. The minimum Gasteiger partial charge on any atom is -0.368 e. The summed E-state index contributed by atoms with van der Waals surface area (Å²) in [6, 6.07) is 14.0. The fourth-order valence-corrected chi connectivity index (χ4v) is 3.19. The van der Waals surface area contributed by atoms with Gasteiger partial charge in [-0.05, 0) is 42.5 Å². The number of benzene rings is 2. The fourth-order valence-electron chi connectivity index (χ4n) is 3.01. The lowest BCUT2D eigenvalue weighted by atomic mass is 10.2. The second kappa shape index (κ2) is 7.75. The van der Waals surface area contributed by atoms with Gasteiger partial charge >= 0.3 is 0 Å². The molecule has 3 aromatic rings. The third-order valence-electron chi connectivity index (χ3n) is 4.40. The van der Waals surface area contributed by atoms with Crippen molar-refractivity contribution in [1.29, 1.82) is 0 Å². The van der Waals surface area contributed by atoms with Gasteiger partial charge in [-0.1, -0.05) is 17.7 Å². The molecule has 1 aliphatic heterocycles. The number of nitrogens with zero attached hydrogens (tertiary/aromatic N) is 5. The van der Waals surface area contributed by atoms with Gasteiger partial charge in [-0.3, -0.25) is 0 Å². The molecule has 4 rings (SSSR count). The standard InChI is InChI=1S/C19H18ClFN6/c20-14-2-1-3-17(12-14)26-8-10-27(11-9-26)19-24-18(13-22-25-19)23-16-6-4-15(21)5-7-16/h1-7,12-13H,8-11H2,(H,23,24,25). The highest BCUT2D eigenvalue weighted by Gasteiger charge is 2.20. The zero-order valence-electron chi connectivity index (χ0n) is 14.5. The summed E-state index contributed by atoms with van der Waals surface area (Å²) >= 11 is 6.09. The van der Waals surface area contributed by atoms with Gasteiger partial charge in [0.05, 0.1) is 6.20 Å². The molecule has 1 aliphatic rings. The van der Waals surface area contributed by atoms with E-state index in [1.165, 1.54) is 12.1 Å². The molecule has 1 fully saturated rings. The second-order valence-corrected chi connectivity index (χ2v) is 6.66. The van der Waals surface area contributed by atoms with Gasteiger partial charge in [-0.15, -0.1) is 5.10 Å². The Balaban J connectivity index is 1.42. The van der Waals surface area contributed by atoms with Gasteiger partial charge in [-0.25, -0.2) is 4.39 Å². The van der Waals surface area contributed by atoms with Crippen LogP contribution in [0.5, 0.6) is 0 Å². The van der Waals surface area contributed by atoms with Crippen LogP contribution in [0, 0.1) is 5.82 Å². The van der Waals surface area contributed by atoms with Crippen LogP contribution in [0.4, 0.5) is 27.5 Å². The summed E-state index contributed by atoms with van der Waals surface area (Å²) in [5.74, 6) is 0.872. The van der Waals surface area contributed by atoms with Crippen molar-refractivity contribution >= 4 is 34.7 Å². The average Bonchev–Trinajstić information content (AvgIpc) is 2.70. The zero-order chi connectivity index (χ0) is 18.6. The van der Waals surface area contributed by atoms with Crippen molar-refractivity contribution in [2.75, 3.05) is 41.3 Å². The third kappa shape index (κ3) is 4.25. The molecule has 1 saturated heterocycles. The van der Waals surface area contributed by atoms with Crippen molar-refractivity contribution in [3.05, 3.63) is 65.6 Å². The number of anilines is 4. The molecule has 1 N–H and O–H groups in total. The average molecular weight is 385 g/mol. The van der Waals surface area contributed by atoms with Gasteiger partial charge in [0.2, 0.25) is 5.95 Å². The van der Waals surface area contributed by atoms with Crippen molar-refractivity contribution in [2.24, 2.45) is 0 Å². The van der Waals surface area contributed by atoms with E-state index in [0.29, 0.717) is 11.8 Å². The van der Waals surface area contributed by atoms with Crippen LogP contribution in [-0.4, -0.2) is 41.4 Å². The van der Waals surface area contributed by atoms with E-state index in [9.17, 15) is 4.39 Å². The van der Waals surface area contributed by atoms with Crippen molar-refractivity contribution in [3.63, 3.8) is 0 Å². The van der Waals surface area contributed by atoms with Gasteiger partial charge in [0.1, 0.15) is 5.82 Å². The molecule has 2 heterocycles. The van der Waals surface area contributed by atoms with E-state index >= 15 is 0 Å². The van der Waals surface area contributed by atoms with E-state index in [1.54, 1.807) is 18.3 Å². The summed E-state index contributed by atoms with van der Waals surface area (Å²) in [7, 11) is 0. The molecule has 0 spiro atoms. The Morgan fingerprint density at radius 2 is 1.70 bits per heavy atom. The van der Waals surface area contributed by atoms with Crippen LogP contribution >= 0.6 is 11.6 Å². The lowest BCUT2D eigenvalue weighted by Crippen LogP contribution is -2.47. The topological polar surface area (TPSA) is 57.2 Å². The maximum atomic E-state index is 13.0. The molecule has 6 nitrogen and oxygen atoms in total. The molecule has 0 bridgehead atoms. The number of rotatable bonds is 4. The number of aromatic nitrogens is 3. The Hall–Kier alpha value is -2.93. The maximum absolute atomic E-state index is 13.0. The molecular weight excluding hydrogens is 367 g/mol. The van der Waals surface area contributed by atoms with Gasteiger partial charge < -0.3 is 15.1 Å². The Bertz CT molecular complexity index is 912. The Morgan fingerprint density at radius 3 is 2.44 bits per heavy atom. The lowest BCUT2D eigenvalue weighted by molar-refractivity contribution is 0.628. The first-order valence-corrected chi connectivity index (χ1v) is 9.03. The minimum absolute atomic E-state index is 0.278. The maximum Gasteiger partial charge on any atom is 0.247 e. The Morgan fingerprint density at radius 1 is 0.963 bits per heavy atom. The highest BCUT2D eigenvalue weighted by Crippen LogP contribution is 2.22. The van der Waals surface area contributed by atoms with Crippen molar-refractivity contribution in [3.8, 4) is 0 Å². The van der Waals surface area contributed by atoms with Crippen LogP contribution in [0.25, 0.3) is 0 Å². The molecule has 0 atom stereocenters. The van der Waals surface area contributed by atoms with Crippen molar-refractivity contribution < 1.29 is 4.39 Å².